The van der Waals surface area contributed by atoms with Crippen molar-refractivity contribution < 1.29 is 14.3 Å². The average Bonchev–Trinajstić information content (AvgIpc) is 2.80. The number of amides is 1. The van der Waals surface area contributed by atoms with Crippen LogP contribution >= 0.6 is 0 Å². The summed E-state index contributed by atoms with van der Waals surface area (Å²) in [6.45, 7) is 8.25. The number of pyridine rings is 1. The lowest BCUT2D eigenvalue weighted by Gasteiger charge is -2.36. The Morgan fingerprint density at radius 1 is 0.933 bits per heavy atom. The Balaban J connectivity index is 1.26. The zero-order valence-electron chi connectivity index (χ0n) is 17.4. The smallest absolute Gasteiger partial charge is 0.236 e. The summed E-state index contributed by atoms with van der Waals surface area (Å²) < 4.78 is 11.4. The molecule has 0 spiro atoms. The lowest BCUT2D eigenvalue weighted by molar-refractivity contribution is -0.135. The Hall–Kier alpha value is -2.48. The summed E-state index contributed by atoms with van der Waals surface area (Å²) in [5.41, 5.74) is 2.08. The Bertz CT molecular complexity index is 803. The molecule has 0 atom stereocenters. The Morgan fingerprint density at radius 3 is 2.47 bits per heavy atom. The van der Waals surface area contributed by atoms with Gasteiger partial charge in [0.05, 0.1) is 25.5 Å². The van der Waals surface area contributed by atoms with Gasteiger partial charge in [0.25, 0.3) is 0 Å². The van der Waals surface area contributed by atoms with Crippen molar-refractivity contribution in [3.8, 4) is 5.75 Å². The molecule has 160 valence electrons. The number of carbonyl (C=O) groups excluding carboxylic acids is 1. The van der Waals surface area contributed by atoms with Gasteiger partial charge in [-0.3, -0.25) is 19.6 Å². The van der Waals surface area contributed by atoms with Crippen LogP contribution in [-0.4, -0.2) is 84.6 Å². The van der Waals surface area contributed by atoms with E-state index in [2.05, 4.69) is 20.9 Å². The highest BCUT2D eigenvalue weighted by Crippen LogP contribution is 2.21. The van der Waals surface area contributed by atoms with E-state index in [4.69, 9.17) is 9.47 Å². The molecule has 30 heavy (non-hydrogen) atoms. The van der Waals surface area contributed by atoms with Crippen LogP contribution in [0.5, 0.6) is 5.75 Å². The van der Waals surface area contributed by atoms with Crippen molar-refractivity contribution in [3.05, 3.63) is 59.9 Å². The van der Waals surface area contributed by atoms with Crippen molar-refractivity contribution in [2.45, 2.75) is 13.2 Å². The number of hydrogen-bond acceptors (Lipinski definition) is 6. The molecule has 2 saturated heterocycles. The summed E-state index contributed by atoms with van der Waals surface area (Å²) in [6, 6.07) is 14.0. The number of aromatic nitrogens is 1. The highest BCUT2D eigenvalue weighted by molar-refractivity contribution is 5.78. The first kappa shape index (κ1) is 20.8. The maximum Gasteiger partial charge on any atom is 0.236 e. The van der Waals surface area contributed by atoms with Crippen molar-refractivity contribution in [2.24, 2.45) is 0 Å². The fourth-order valence-electron chi connectivity index (χ4n) is 3.86. The van der Waals surface area contributed by atoms with Crippen LogP contribution in [0.2, 0.25) is 0 Å². The van der Waals surface area contributed by atoms with E-state index in [-0.39, 0.29) is 5.91 Å². The normalized spacial score (nSPS) is 18.3. The predicted molar refractivity (Wildman–Crippen MR) is 114 cm³/mol. The zero-order chi connectivity index (χ0) is 20.6. The molecule has 2 aromatic rings. The molecule has 7 nitrogen and oxygen atoms in total. The monoisotopic (exact) mass is 410 g/mol. The van der Waals surface area contributed by atoms with Crippen molar-refractivity contribution in [1.82, 2.24) is 19.7 Å². The minimum atomic E-state index is 0.232. The van der Waals surface area contributed by atoms with Crippen LogP contribution < -0.4 is 4.74 Å². The van der Waals surface area contributed by atoms with E-state index in [0.717, 1.165) is 70.5 Å². The summed E-state index contributed by atoms with van der Waals surface area (Å²) in [5, 5.41) is 0. The third kappa shape index (κ3) is 5.78. The molecule has 2 fully saturated rings. The number of carbonyl (C=O) groups is 1. The van der Waals surface area contributed by atoms with E-state index < -0.39 is 0 Å². The number of ether oxygens (including phenoxy) is 2. The molecule has 7 heteroatoms. The van der Waals surface area contributed by atoms with Gasteiger partial charge in [-0.15, -0.1) is 0 Å². The fourth-order valence-corrected chi connectivity index (χ4v) is 3.86. The molecular formula is C23H30N4O3. The van der Waals surface area contributed by atoms with Crippen LogP contribution in [0.3, 0.4) is 0 Å². The zero-order valence-corrected chi connectivity index (χ0v) is 17.4. The molecule has 0 aliphatic carbocycles. The van der Waals surface area contributed by atoms with Gasteiger partial charge in [0.1, 0.15) is 12.4 Å². The molecule has 0 N–H and O–H groups in total. The van der Waals surface area contributed by atoms with Crippen LogP contribution in [0, 0.1) is 0 Å². The van der Waals surface area contributed by atoms with Gasteiger partial charge in [-0.05, 0) is 18.2 Å². The molecule has 0 radical (unpaired) electrons. The molecule has 3 heterocycles. The summed E-state index contributed by atoms with van der Waals surface area (Å²) in [4.78, 5) is 23.5. The van der Waals surface area contributed by atoms with Crippen molar-refractivity contribution in [3.63, 3.8) is 0 Å². The largest absolute Gasteiger partial charge is 0.487 e. The van der Waals surface area contributed by atoms with Gasteiger partial charge in [-0.2, -0.15) is 0 Å². The molecule has 0 bridgehead atoms. The highest BCUT2D eigenvalue weighted by Gasteiger charge is 2.24. The van der Waals surface area contributed by atoms with Crippen LogP contribution in [0.15, 0.2) is 48.7 Å². The SMILES string of the molecule is O=C(CN1CCOCC1)N1CCN(Cc2ccccc2OCc2ccccn2)CC1. The molecule has 0 saturated carbocycles. The molecule has 2 aliphatic heterocycles. The van der Waals surface area contributed by atoms with Gasteiger partial charge < -0.3 is 14.4 Å². The molecule has 2 aliphatic rings. The third-order valence-electron chi connectivity index (χ3n) is 5.66. The van der Waals surface area contributed by atoms with Crippen LogP contribution in [0.1, 0.15) is 11.3 Å². The first-order chi connectivity index (χ1) is 14.8. The summed E-state index contributed by atoms with van der Waals surface area (Å²) >= 11 is 0. The standard InChI is InChI=1S/C23H30N4O3/c28-23(18-26-13-15-29-16-14-26)27-11-9-25(10-12-27)17-20-5-1-2-7-22(20)30-19-21-6-3-4-8-24-21/h1-8H,9-19H2. The highest BCUT2D eigenvalue weighted by atomic mass is 16.5. The second kappa shape index (κ2) is 10.5. The minimum absolute atomic E-state index is 0.232. The topological polar surface area (TPSA) is 58.1 Å². The Morgan fingerprint density at radius 2 is 1.70 bits per heavy atom. The first-order valence-electron chi connectivity index (χ1n) is 10.7. The second-order valence-electron chi connectivity index (χ2n) is 7.76. The van der Waals surface area contributed by atoms with Crippen molar-refractivity contribution in [2.75, 3.05) is 59.0 Å². The van der Waals surface area contributed by atoms with Gasteiger partial charge in [-0.1, -0.05) is 24.3 Å². The number of para-hydroxylation sites is 1. The minimum Gasteiger partial charge on any atom is -0.487 e. The van der Waals surface area contributed by atoms with Gasteiger partial charge >= 0.3 is 0 Å². The van der Waals surface area contributed by atoms with Crippen molar-refractivity contribution in [1.29, 1.82) is 0 Å². The molecule has 4 rings (SSSR count). The molecule has 1 aromatic carbocycles. The van der Waals surface area contributed by atoms with Gasteiger partial charge in [0.2, 0.25) is 5.91 Å². The van der Waals surface area contributed by atoms with Gasteiger partial charge in [0.15, 0.2) is 0 Å². The van der Waals surface area contributed by atoms with Gasteiger partial charge in [-0.25, -0.2) is 0 Å². The van der Waals surface area contributed by atoms with Crippen LogP contribution in [0.4, 0.5) is 0 Å². The number of benzene rings is 1. The summed E-state index contributed by atoms with van der Waals surface area (Å²) in [7, 11) is 0. The number of rotatable bonds is 7. The Kier molecular flexibility index (Phi) is 7.29. The number of nitrogens with zero attached hydrogens (tertiary/aromatic N) is 4. The quantitative estimate of drug-likeness (QED) is 0.692. The molecule has 0 unspecified atom stereocenters. The first-order valence-corrected chi connectivity index (χ1v) is 10.7. The predicted octanol–water partition coefficient (Wildman–Crippen LogP) is 1.64. The lowest BCUT2D eigenvalue weighted by atomic mass is 10.1. The summed E-state index contributed by atoms with van der Waals surface area (Å²) in [6.07, 6.45) is 1.78. The molecule has 1 amide bonds. The average molecular weight is 411 g/mol. The fraction of sp³-hybridized carbons (Fsp3) is 0.478. The summed E-state index contributed by atoms with van der Waals surface area (Å²) in [5.74, 6) is 1.13. The van der Waals surface area contributed by atoms with E-state index >= 15 is 0 Å². The van der Waals surface area contributed by atoms with Gasteiger partial charge in [0, 0.05) is 57.6 Å². The number of hydrogen-bond donors (Lipinski definition) is 0. The van der Waals surface area contributed by atoms with Crippen LogP contribution in [0.25, 0.3) is 0 Å². The van der Waals surface area contributed by atoms with E-state index in [1.165, 1.54) is 5.56 Å². The van der Waals surface area contributed by atoms with E-state index in [0.29, 0.717) is 13.2 Å². The molecule has 1 aromatic heterocycles. The maximum atomic E-state index is 12.6. The Labute approximate surface area is 178 Å². The number of morpholine rings is 1. The van der Waals surface area contributed by atoms with Crippen molar-refractivity contribution >= 4 is 5.91 Å². The lowest BCUT2D eigenvalue weighted by Crippen LogP contribution is -2.52. The van der Waals surface area contributed by atoms with E-state index in [9.17, 15) is 4.79 Å². The van der Waals surface area contributed by atoms with E-state index in [1.807, 2.05) is 41.3 Å². The van der Waals surface area contributed by atoms with E-state index in [1.54, 1.807) is 6.20 Å². The third-order valence-corrected chi connectivity index (χ3v) is 5.66. The molecular weight excluding hydrogens is 380 g/mol. The maximum absolute atomic E-state index is 12.6. The second-order valence-corrected chi connectivity index (χ2v) is 7.76. The van der Waals surface area contributed by atoms with Crippen LogP contribution in [-0.2, 0) is 22.7 Å². The number of piperazine rings is 1.